The van der Waals surface area contributed by atoms with Crippen molar-refractivity contribution in [1.29, 1.82) is 0 Å². The average Bonchev–Trinajstić information content (AvgIpc) is 2.36. The van der Waals surface area contributed by atoms with Gasteiger partial charge in [-0.1, -0.05) is 13.0 Å². The smallest absolute Gasteiger partial charge is 0.224 e. The van der Waals surface area contributed by atoms with Crippen molar-refractivity contribution in [2.75, 3.05) is 11.9 Å². The maximum absolute atomic E-state index is 11.3. The topological polar surface area (TPSA) is 58.6 Å². The van der Waals surface area contributed by atoms with Gasteiger partial charge in [-0.3, -0.25) is 4.79 Å². The van der Waals surface area contributed by atoms with Gasteiger partial charge in [0.05, 0.1) is 5.60 Å². The van der Waals surface area contributed by atoms with Gasteiger partial charge >= 0.3 is 0 Å². The van der Waals surface area contributed by atoms with E-state index < -0.39 is 5.60 Å². The molecule has 2 N–H and O–H groups in total. The highest BCUT2D eigenvalue weighted by Crippen LogP contribution is 2.27. The van der Waals surface area contributed by atoms with Crippen molar-refractivity contribution in [1.82, 2.24) is 0 Å². The fourth-order valence-electron chi connectivity index (χ4n) is 1.78. The van der Waals surface area contributed by atoms with Crippen molar-refractivity contribution in [3.05, 3.63) is 23.8 Å². The summed E-state index contributed by atoms with van der Waals surface area (Å²) >= 11 is 0. The summed E-state index contributed by atoms with van der Waals surface area (Å²) in [6.07, 6.45) is 1.94. The quantitative estimate of drug-likeness (QED) is 0.859. The van der Waals surface area contributed by atoms with E-state index in [0.717, 1.165) is 17.7 Å². The number of carbonyl (C=O) groups is 1. The lowest BCUT2D eigenvalue weighted by atomic mass is 10.0. The standard InChI is InChI=1S/C14H19NO3/c1-3-14(2,17)9-18-11-6-4-10-5-7-13(16)15-12(10)8-11/h4,6,8,17H,3,5,7,9H2,1-2H3,(H,15,16). The Morgan fingerprint density at radius 2 is 2.22 bits per heavy atom. The van der Waals surface area contributed by atoms with E-state index in [4.69, 9.17) is 4.74 Å². The van der Waals surface area contributed by atoms with Gasteiger partial charge in [0.2, 0.25) is 5.91 Å². The second-order valence-electron chi connectivity index (χ2n) is 5.01. The third-order valence-electron chi connectivity index (χ3n) is 3.29. The number of aliphatic hydroxyl groups is 1. The van der Waals surface area contributed by atoms with E-state index in [1.807, 2.05) is 25.1 Å². The Bertz CT molecular complexity index is 454. The lowest BCUT2D eigenvalue weighted by molar-refractivity contribution is -0.116. The summed E-state index contributed by atoms with van der Waals surface area (Å²) in [6, 6.07) is 5.66. The van der Waals surface area contributed by atoms with Crippen LogP contribution in [0, 0.1) is 0 Å². The van der Waals surface area contributed by atoms with Crippen LogP contribution in [0.1, 0.15) is 32.3 Å². The van der Waals surface area contributed by atoms with Gasteiger partial charge in [-0.25, -0.2) is 0 Å². The van der Waals surface area contributed by atoms with Gasteiger partial charge in [-0.15, -0.1) is 0 Å². The van der Waals surface area contributed by atoms with Crippen LogP contribution in [0.4, 0.5) is 5.69 Å². The Morgan fingerprint density at radius 3 is 2.94 bits per heavy atom. The molecule has 4 heteroatoms. The summed E-state index contributed by atoms with van der Waals surface area (Å²) in [5.74, 6) is 0.713. The first kappa shape index (κ1) is 12.9. The highest BCUT2D eigenvalue weighted by Gasteiger charge is 2.19. The minimum absolute atomic E-state index is 0.0419. The van der Waals surface area contributed by atoms with Gasteiger partial charge < -0.3 is 15.2 Å². The lowest BCUT2D eigenvalue weighted by Crippen LogP contribution is -2.31. The van der Waals surface area contributed by atoms with Crippen molar-refractivity contribution in [2.24, 2.45) is 0 Å². The number of nitrogens with one attached hydrogen (secondary N) is 1. The zero-order chi connectivity index (χ0) is 13.2. The molecule has 1 heterocycles. The minimum Gasteiger partial charge on any atom is -0.491 e. The molecule has 0 spiro atoms. The van der Waals surface area contributed by atoms with Crippen LogP contribution in [0.15, 0.2) is 18.2 Å². The molecule has 2 rings (SSSR count). The number of carbonyl (C=O) groups excluding carboxylic acids is 1. The monoisotopic (exact) mass is 249 g/mol. The van der Waals surface area contributed by atoms with Crippen molar-refractivity contribution in [2.45, 2.75) is 38.7 Å². The number of hydrogen-bond donors (Lipinski definition) is 2. The predicted octanol–water partition coefficient (Wildman–Crippen LogP) is 2.11. The third kappa shape index (κ3) is 3.01. The van der Waals surface area contributed by atoms with Crippen LogP contribution in [0.3, 0.4) is 0 Å². The van der Waals surface area contributed by atoms with Crippen molar-refractivity contribution >= 4 is 11.6 Å². The Labute approximate surface area is 107 Å². The number of amides is 1. The molecule has 0 bridgehead atoms. The molecule has 1 atom stereocenters. The largest absolute Gasteiger partial charge is 0.491 e. The summed E-state index contributed by atoms with van der Waals surface area (Å²) in [7, 11) is 0. The molecule has 98 valence electrons. The zero-order valence-electron chi connectivity index (χ0n) is 10.8. The van der Waals surface area contributed by atoms with Crippen LogP contribution in [-0.2, 0) is 11.2 Å². The van der Waals surface area contributed by atoms with Gasteiger partial charge in [0, 0.05) is 18.2 Å². The molecule has 0 aromatic heterocycles. The summed E-state index contributed by atoms with van der Waals surface area (Å²) < 4.78 is 5.56. The van der Waals surface area contributed by atoms with Crippen LogP contribution in [0.5, 0.6) is 5.75 Å². The molecule has 18 heavy (non-hydrogen) atoms. The lowest BCUT2D eigenvalue weighted by Gasteiger charge is -2.22. The van der Waals surface area contributed by atoms with Crippen molar-refractivity contribution in [3.8, 4) is 5.75 Å². The Kier molecular flexibility index (Phi) is 3.57. The van der Waals surface area contributed by atoms with Gasteiger partial charge in [0.1, 0.15) is 12.4 Å². The number of hydrogen-bond acceptors (Lipinski definition) is 3. The van der Waals surface area contributed by atoms with Gasteiger partial charge in [0.25, 0.3) is 0 Å². The molecule has 1 aliphatic rings. The molecular weight excluding hydrogens is 230 g/mol. The SMILES string of the molecule is CCC(C)(O)COc1ccc2c(c1)NC(=O)CC2. The van der Waals surface area contributed by atoms with E-state index in [1.165, 1.54) is 0 Å². The van der Waals surface area contributed by atoms with E-state index in [1.54, 1.807) is 6.92 Å². The first-order valence-corrected chi connectivity index (χ1v) is 6.28. The summed E-state index contributed by atoms with van der Waals surface area (Å²) in [5, 5.41) is 12.7. The summed E-state index contributed by atoms with van der Waals surface area (Å²) in [6.45, 7) is 3.90. The number of ether oxygens (including phenoxy) is 1. The molecule has 0 aliphatic carbocycles. The number of anilines is 1. The van der Waals surface area contributed by atoms with Gasteiger partial charge in [-0.05, 0) is 31.4 Å². The highest BCUT2D eigenvalue weighted by molar-refractivity contribution is 5.94. The second kappa shape index (κ2) is 4.98. The number of aryl methyl sites for hydroxylation is 1. The molecule has 0 radical (unpaired) electrons. The third-order valence-corrected chi connectivity index (χ3v) is 3.29. The normalized spacial score (nSPS) is 17.6. The van der Waals surface area contributed by atoms with E-state index in [0.29, 0.717) is 18.6 Å². The van der Waals surface area contributed by atoms with Crippen LogP contribution in [0.2, 0.25) is 0 Å². The van der Waals surface area contributed by atoms with Crippen LogP contribution in [-0.4, -0.2) is 23.2 Å². The molecule has 0 saturated carbocycles. The maximum Gasteiger partial charge on any atom is 0.224 e. The molecule has 4 nitrogen and oxygen atoms in total. The van der Waals surface area contributed by atoms with Crippen LogP contribution in [0.25, 0.3) is 0 Å². The first-order valence-electron chi connectivity index (χ1n) is 6.28. The molecule has 0 saturated heterocycles. The minimum atomic E-state index is -0.820. The van der Waals surface area contributed by atoms with Gasteiger partial charge in [-0.2, -0.15) is 0 Å². The predicted molar refractivity (Wildman–Crippen MR) is 69.8 cm³/mol. The molecule has 1 aromatic carbocycles. The zero-order valence-corrected chi connectivity index (χ0v) is 10.8. The molecule has 1 unspecified atom stereocenters. The fourth-order valence-corrected chi connectivity index (χ4v) is 1.78. The number of rotatable bonds is 4. The Morgan fingerprint density at radius 1 is 1.44 bits per heavy atom. The van der Waals surface area contributed by atoms with E-state index >= 15 is 0 Å². The second-order valence-corrected chi connectivity index (χ2v) is 5.01. The number of benzene rings is 1. The highest BCUT2D eigenvalue weighted by atomic mass is 16.5. The molecule has 0 fully saturated rings. The molecular formula is C14H19NO3. The van der Waals surface area contributed by atoms with E-state index in [-0.39, 0.29) is 12.5 Å². The Balaban J connectivity index is 2.07. The number of fused-ring (bicyclic) bond motifs is 1. The molecule has 1 aliphatic heterocycles. The summed E-state index contributed by atoms with van der Waals surface area (Å²) in [4.78, 5) is 11.3. The van der Waals surface area contributed by atoms with Crippen LogP contribution >= 0.6 is 0 Å². The van der Waals surface area contributed by atoms with E-state index in [2.05, 4.69) is 5.32 Å². The maximum atomic E-state index is 11.3. The van der Waals surface area contributed by atoms with E-state index in [9.17, 15) is 9.90 Å². The van der Waals surface area contributed by atoms with Crippen LogP contribution < -0.4 is 10.1 Å². The first-order chi connectivity index (χ1) is 8.50. The Hall–Kier alpha value is -1.55. The van der Waals surface area contributed by atoms with Crippen molar-refractivity contribution in [3.63, 3.8) is 0 Å². The van der Waals surface area contributed by atoms with Gasteiger partial charge in [0.15, 0.2) is 0 Å². The van der Waals surface area contributed by atoms with Crippen molar-refractivity contribution < 1.29 is 14.6 Å². The molecule has 1 aromatic rings. The average molecular weight is 249 g/mol. The molecule has 1 amide bonds. The fraction of sp³-hybridized carbons (Fsp3) is 0.500. The summed E-state index contributed by atoms with van der Waals surface area (Å²) in [5.41, 5.74) is 1.13.